The average Bonchev–Trinajstić information content (AvgIpc) is 2.90. The Morgan fingerprint density at radius 1 is 1.10 bits per heavy atom. The zero-order valence-corrected chi connectivity index (χ0v) is 13.7. The second kappa shape index (κ2) is 5.98. The van der Waals surface area contributed by atoms with Crippen LogP contribution >= 0.6 is 15.9 Å². The molecule has 0 spiro atoms. The molecular formula is C17H18BrNO2. The minimum atomic E-state index is 0.290. The van der Waals surface area contributed by atoms with Gasteiger partial charge in [0, 0.05) is 4.47 Å². The number of hydrogen-bond donors (Lipinski definition) is 1. The van der Waals surface area contributed by atoms with Crippen molar-refractivity contribution in [3.8, 4) is 11.5 Å². The Morgan fingerprint density at radius 3 is 2.71 bits per heavy atom. The Morgan fingerprint density at radius 2 is 1.95 bits per heavy atom. The Hall–Kier alpha value is -1.68. The molecule has 3 rings (SSSR count). The Labute approximate surface area is 133 Å². The van der Waals surface area contributed by atoms with Gasteiger partial charge in [-0.1, -0.05) is 22.0 Å². The normalized spacial score (nSPS) is 16.4. The predicted octanol–water partition coefficient (Wildman–Crippen LogP) is 4.57. The maximum absolute atomic E-state index is 5.44. The lowest BCUT2D eigenvalue weighted by Crippen LogP contribution is -2.08. The van der Waals surface area contributed by atoms with E-state index in [0.29, 0.717) is 6.04 Å². The van der Waals surface area contributed by atoms with Crippen LogP contribution in [-0.4, -0.2) is 14.2 Å². The number of benzene rings is 2. The van der Waals surface area contributed by atoms with E-state index in [0.717, 1.165) is 34.5 Å². The number of halogens is 1. The second-order valence-corrected chi connectivity index (χ2v) is 6.06. The van der Waals surface area contributed by atoms with Crippen LogP contribution in [0.2, 0.25) is 0 Å². The number of ether oxygens (including phenoxy) is 2. The Balaban J connectivity index is 1.90. The maximum atomic E-state index is 5.44. The standard InChI is InChI=1S/C17H18BrNO2/c1-20-13-6-3-11-4-7-15(14(11)10-13)19-16-9-12(18)5-8-17(16)21-2/h3,5-6,8-10,15,19H,4,7H2,1-2H3. The quantitative estimate of drug-likeness (QED) is 0.878. The first-order valence-corrected chi connectivity index (χ1v) is 7.77. The third-order valence-corrected chi connectivity index (χ3v) is 4.42. The number of hydrogen-bond acceptors (Lipinski definition) is 3. The van der Waals surface area contributed by atoms with Crippen LogP contribution < -0.4 is 14.8 Å². The fraction of sp³-hybridized carbons (Fsp3) is 0.294. The van der Waals surface area contributed by atoms with E-state index in [1.54, 1.807) is 14.2 Å². The van der Waals surface area contributed by atoms with Gasteiger partial charge in [0.25, 0.3) is 0 Å². The van der Waals surface area contributed by atoms with Gasteiger partial charge in [-0.25, -0.2) is 0 Å². The van der Waals surface area contributed by atoms with Crippen molar-refractivity contribution < 1.29 is 9.47 Å². The SMILES string of the molecule is COc1ccc2c(c1)C(Nc1cc(Br)ccc1OC)CC2. The molecule has 0 amide bonds. The van der Waals surface area contributed by atoms with Gasteiger partial charge in [0.1, 0.15) is 11.5 Å². The lowest BCUT2D eigenvalue weighted by Gasteiger charge is -2.18. The van der Waals surface area contributed by atoms with Crippen LogP contribution in [0.15, 0.2) is 40.9 Å². The van der Waals surface area contributed by atoms with Gasteiger partial charge in [-0.3, -0.25) is 0 Å². The van der Waals surface area contributed by atoms with E-state index in [2.05, 4.69) is 39.4 Å². The molecule has 4 heteroatoms. The number of anilines is 1. The molecule has 1 aliphatic rings. The predicted molar refractivity (Wildman–Crippen MR) is 88.4 cm³/mol. The summed E-state index contributed by atoms with van der Waals surface area (Å²) in [6.45, 7) is 0. The summed E-state index contributed by atoms with van der Waals surface area (Å²) in [6, 6.07) is 12.6. The van der Waals surface area contributed by atoms with Gasteiger partial charge in [0.05, 0.1) is 25.9 Å². The third kappa shape index (κ3) is 2.86. The summed E-state index contributed by atoms with van der Waals surface area (Å²) in [5, 5.41) is 3.60. The molecule has 21 heavy (non-hydrogen) atoms. The van der Waals surface area contributed by atoms with E-state index in [-0.39, 0.29) is 0 Å². The summed E-state index contributed by atoms with van der Waals surface area (Å²) in [4.78, 5) is 0. The molecule has 1 atom stereocenters. The number of aryl methyl sites for hydroxylation is 1. The van der Waals surface area contributed by atoms with E-state index < -0.39 is 0 Å². The van der Waals surface area contributed by atoms with Crippen molar-refractivity contribution in [2.24, 2.45) is 0 Å². The lowest BCUT2D eigenvalue weighted by atomic mass is 10.1. The summed E-state index contributed by atoms with van der Waals surface area (Å²) >= 11 is 3.51. The number of methoxy groups -OCH3 is 2. The molecule has 0 aliphatic heterocycles. The largest absolute Gasteiger partial charge is 0.497 e. The zero-order valence-electron chi connectivity index (χ0n) is 12.2. The first-order valence-electron chi connectivity index (χ1n) is 6.98. The van der Waals surface area contributed by atoms with Crippen molar-refractivity contribution in [3.05, 3.63) is 52.0 Å². The number of fused-ring (bicyclic) bond motifs is 1. The minimum Gasteiger partial charge on any atom is -0.497 e. The molecule has 1 unspecified atom stereocenters. The van der Waals surface area contributed by atoms with Crippen molar-refractivity contribution in [1.29, 1.82) is 0 Å². The van der Waals surface area contributed by atoms with Crippen molar-refractivity contribution >= 4 is 21.6 Å². The lowest BCUT2D eigenvalue weighted by molar-refractivity contribution is 0.414. The molecule has 2 aromatic carbocycles. The van der Waals surface area contributed by atoms with Gasteiger partial charge >= 0.3 is 0 Å². The molecule has 0 aromatic heterocycles. The van der Waals surface area contributed by atoms with Gasteiger partial charge in [-0.05, 0) is 54.3 Å². The molecule has 3 nitrogen and oxygen atoms in total. The van der Waals surface area contributed by atoms with Crippen molar-refractivity contribution in [1.82, 2.24) is 0 Å². The molecule has 0 saturated heterocycles. The van der Waals surface area contributed by atoms with Crippen molar-refractivity contribution in [3.63, 3.8) is 0 Å². The molecule has 0 heterocycles. The Kier molecular flexibility index (Phi) is 4.06. The van der Waals surface area contributed by atoms with E-state index in [4.69, 9.17) is 9.47 Å². The maximum Gasteiger partial charge on any atom is 0.142 e. The summed E-state index contributed by atoms with van der Waals surface area (Å²) in [5.41, 5.74) is 3.71. The highest BCUT2D eigenvalue weighted by Crippen LogP contribution is 2.38. The topological polar surface area (TPSA) is 30.5 Å². The van der Waals surface area contributed by atoms with Gasteiger partial charge in [-0.15, -0.1) is 0 Å². The summed E-state index contributed by atoms with van der Waals surface area (Å²) < 4.78 is 11.8. The molecule has 0 saturated carbocycles. The van der Waals surface area contributed by atoms with Crippen LogP contribution in [-0.2, 0) is 6.42 Å². The molecule has 1 aliphatic carbocycles. The number of rotatable bonds is 4. The van der Waals surface area contributed by atoms with Crippen molar-refractivity contribution in [2.45, 2.75) is 18.9 Å². The van der Waals surface area contributed by atoms with Crippen LogP contribution in [0.25, 0.3) is 0 Å². The molecule has 110 valence electrons. The summed E-state index contributed by atoms with van der Waals surface area (Å²) in [5.74, 6) is 1.76. The van der Waals surface area contributed by atoms with Crippen LogP contribution in [0.5, 0.6) is 11.5 Å². The monoisotopic (exact) mass is 347 g/mol. The van der Waals surface area contributed by atoms with Crippen LogP contribution in [0.3, 0.4) is 0 Å². The van der Waals surface area contributed by atoms with Gasteiger partial charge < -0.3 is 14.8 Å². The highest BCUT2D eigenvalue weighted by Gasteiger charge is 2.23. The summed E-state index contributed by atoms with van der Waals surface area (Å²) in [6.07, 6.45) is 2.17. The summed E-state index contributed by atoms with van der Waals surface area (Å²) in [7, 11) is 3.40. The average molecular weight is 348 g/mol. The highest BCUT2D eigenvalue weighted by atomic mass is 79.9. The first-order chi connectivity index (χ1) is 10.2. The second-order valence-electron chi connectivity index (χ2n) is 5.14. The van der Waals surface area contributed by atoms with Gasteiger partial charge in [-0.2, -0.15) is 0 Å². The van der Waals surface area contributed by atoms with E-state index in [9.17, 15) is 0 Å². The molecule has 0 fully saturated rings. The van der Waals surface area contributed by atoms with Gasteiger partial charge in [0.2, 0.25) is 0 Å². The highest BCUT2D eigenvalue weighted by molar-refractivity contribution is 9.10. The fourth-order valence-corrected chi connectivity index (χ4v) is 3.20. The Bertz CT molecular complexity index is 657. The third-order valence-electron chi connectivity index (χ3n) is 3.92. The fourth-order valence-electron chi connectivity index (χ4n) is 2.84. The number of nitrogens with one attached hydrogen (secondary N) is 1. The molecule has 0 bridgehead atoms. The van der Waals surface area contributed by atoms with Crippen molar-refractivity contribution in [2.75, 3.05) is 19.5 Å². The van der Waals surface area contributed by atoms with E-state index >= 15 is 0 Å². The van der Waals surface area contributed by atoms with E-state index in [1.165, 1.54) is 11.1 Å². The molecule has 1 N–H and O–H groups in total. The minimum absolute atomic E-state index is 0.290. The van der Waals surface area contributed by atoms with Crippen LogP contribution in [0.4, 0.5) is 5.69 Å². The molecular weight excluding hydrogens is 330 g/mol. The molecule has 2 aromatic rings. The first kappa shape index (κ1) is 14.3. The molecule has 0 radical (unpaired) electrons. The van der Waals surface area contributed by atoms with Gasteiger partial charge in [0.15, 0.2) is 0 Å². The van der Waals surface area contributed by atoms with Crippen LogP contribution in [0, 0.1) is 0 Å². The van der Waals surface area contributed by atoms with Crippen LogP contribution in [0.1, 0.15) is 23.6 Å². The zero-order chi connectivity index (χ0) is 14.8. The van der Waals surface area contributed by atoms with E-state index in [1.807, 2.05) is 18.2 Å². The smallest absolute Gasteiger partial charge is 0.142 e.